The number of nitrogens with one attached hydrogen (secondary N) is 1. The zero-order valence-corrected chi connectivity index (χ0v) is 14.9. The molecule has 26 heavy (non-hydrogen) atoms. The third kappa shape index (κ3) is 3.51. The monoisotopic (exact) mass is 360 g/mol. The van der Waals surface area contributed by atoms with Crippen molar-refractivity contribution in [2.24, 2.45) is 5.73 Å². The highest BCUT2D eigenvalue weighted by molar-refractivity contribution is 6.00. The summed E-state index contributed by atoms with van der Waals surface area (Å²) in [5, 5.41) is 7.31. The lowest BCUT2D eigenvalue weighted by molar-refractivity contribution is 0.0997. The highest BCUT2D eigenvalue weighted by Crippen LogP contribution is 2.28. The second kappa shape index (κ2) is 6.40. The molecule has 1 aliphatic rings. The SMILES string of the molecule is CC(C)(C)NC(=O)N1CCn2nc(-c3ccnc(F)c3)c(C(N)=O)c2C1. The third-order valence-corrected chi connectivity index (χ3v) is 4.00. The largest absolute Gasteiger partial charge is 0.365 e. The van der Waals surface area contributed by atoms with E-state index in [1.165, 1.54) is 12.3 Å². The molecule has 3 heterocycles. The first kappa shape index (κ1) is 17.8. The van der Waals surface area contributed by atoms with E-state index >= 15 is 0 Å². The molecule has 0 radical (unpaired) electrons. The first-order valence-corrected chi connectivity index (χ1v) is 8.24. The average molecular weight is 360 g/mol. The molecule has 0 aromatic carbocycles. The predicted molar refractivity (Wildman–Crippen MR) is 92.6 cm³/mol. The molecule has 0 saturated heterocycles. The fourth-order valence-electron chi connectivity index (χ4n) is 2.90. The van der Waals surface area contributed by atoms with Gasteiger partial charge in [0.25, 0.3) is 5.91 Å². The van der Waals surface area contributed by atoms with Gasteiger partial charge in [-0.1, -0.05) is 0 Å². The van der Waals surface area contributed by atoms with E-state index in [1.54, 1.807) is 15.6 Å². The standard InChI is InChI=1S/C17H21FN6O2/c1-17(2,3)21-16(26)23-6-7-24-11(9-23)13(15(19)25)14(22-24)10-4-5-20-12(18)8-10/h4-5,8H,6-7,9H2,1-3H3,(H2,19,25)(H,21,26). The van der Waals surface area contributed by atoms with Gasteiger partial charge in [0.15, 0.2) is 0 Å². The summed E-state index contributed by atoms with van der Waals surface area (Å²) in [4.78, 5) is 29.6. The van der Waals surface area contributed by atoms with Gasteiger partial charge in [0.05, 0.1) is 24.3 Å². The van der Waals surface area contributed by atoms with E-state index in [9.17, 15) is 14.0 Å². The van der Waals surface area contributed by atoms with Crippen molar-refractivity contribution in [3.05, 3.63) is 35.5 Å². The van der Waals surface area contributed by atoms with Crippen LogP contribution in [0.15, 0.2) is 18.3 Å². The minimum absolute atomic E-state index is 0.195. The van der Waals surface area contributed by atoms with Crippen molar-refractivity contribution in [3.8, 4) is 11.3 Å². The van der Waals surface area contributed by atoms with Gasteiger partial charge in [-0.2, -0.15) is 9.49 Å². The Morgan fingerprint density at radius 3 is 2.65 bits per heavy atom. The molecule has 0 atom stereocenters. The molecule has 0 fully saturated rings. The number of hydrogen-bond acceptors (Lipinski definition) is 4. The fourth-order valence-corrected chi connectivity index (χ4v) is 2.90. The molecular weight excluding hydrogens is 339 g/mol. The Morgan fingerprint density at radius 2 is 2.04 bits per heavy atom. The Kier molecular flexibility index (Phi) is 4.39. The second-order valence-corrected chi connectivity index (χ2v) is 7.23. The molecule has 3 rings (SSSR count). The molecule has 3 amide bonds. The summed E-state index contributed by atoms with van der Waals surface area (Å²) in [7, 11) is 0. The van der Waals surface area contributed by atoms with Gasteiger partial charge in [0.1, 0.15) is 5.69 Å². The summed E-state index contributed by atoms with van der Waals surface area (Å²) in [6.07, 6.45) is 1.30. The summed E-state index contributed by atoms with van der Waals surface area (Å²) in [6.45, 7) is 6.73. The molecule has 9 heteroatoms. The van der Waals surface area contributed by atoms with Gasteiger partial charge in [-0.25, -0.2) is 9.78 Å². The van der Waals surface area contributed by atoms with E-state index in [-0.39, 0.29) is 23.7 Å². The number of aromatic nitrogens is 3. The van der Waals surface area contributed by atoms with Crippen LogP contribution in [0.3, 0.4) is 0 Å². The second-order valence-electron chi connectivity index (χ2n) is 7.23. The minimum Gasteiger partial charge on any atom is -0.365 e. The fraction of sp³-hybridized carbons (Fsp3) is 0.412. The maximum Gasteiger partial charge on any atom is 0.318 e. The van der Waals surface area contributed by atoms with Crippen LogP contribution in [0.1, 0.15) is 36.8 Å². The summed E-state index contributed by atoms with van der Waals surface area (Å²) < 4.78 is 15.1. The van der Waals surface area contributed by atoms with Crippen molar-refractivity contribution in [3.63, 3.8) is 0 Å². The predicted octanol–water partition coefficient (Wildman–Crippen LogP) is 1.51. The van der Waals surface area contributed by atoms with E-state index in [1.807, 2.05) is 20.8 Å². The molecule has 1 aliphatic heterocycles. The van der Waals surface area contributed by atoms with E-state index < -0.39 is 11.9 Å². The Balaban J connectivity index is 1.98. The Bertz CT molecular complexity index is 871. The topological polar surface area (TPSA) is 106 Å². The van der Waals surface area contributed by atoms with Gasteiger partial charge in [-0.3, -0.25) is 9.48 Å². The van der Waals surface area contributed by atoms with Crippen LogP contribution in [-0.4, -0.2) is 43.7 Å². The number of rotatable bonds is 2. The number of pyridine rings is 1. The first-order valence-electron chi connectivity index (χ1n) is 8.24. The van der Waals surface area contributed by atoms with Gasteiger partial charge in [0.2, 0.25) is 5.95 Å². The zero-order valence-electron chi connectivity index (χ0n) is 14.9. The van der Waals surface area contributed by atoms with Crippen LogP contribution >= 0.6 is 0 Å². The van der Waals surface area contributed by atoms with Crippen molar-refractivity contribution >= 4 is 11.9 Å². The number of nitrogens with zero attached hydrogens (tertiary/aromatic N) is 4. The van der Waals surface area contributed by atoms with E-state index in [0.717, 1.165) is 0 Å². The Morgan fingerprint density at radius 1 is 1.31 bits per heavy atom. The lowest BCUT2D eigenvalue weighted by Gasteiger charge is -2.31. The minimum atomic E-state index is -0.671. The number of amides is 3. The molecule has 0 saturated carbocycles. The third-order valence-electron chi connectivity index (χ3n) is 4.00. The number of halogens is 1. The number of carbonyl (C=O) groups excluding carboxylic acids is 2. The number of carbonyl (C=O) groups is 2. The molecule has 2 aromatic rings. The molecular formula is C17H21FN6O2. The van der Waals surface area contributed by atoms with E-state index in [2.05, 4.69) is 15.4 Å². The van der Waals surface area contributed by atoms with Gasteiger partial charge in [-0.15, -0.1) is 0 Å². The Hall–Kier alpha value is -2.97. The lowest BCUT2D eigenvalue weighted by atomic mass is 10.1. The highest BCUT2D eigenvalue weighted by atomic mass is 19.1. The van der Waals surface area contributed by atoms with Crippen LogP contribution < -0.4 is 11.1 Å². The maximum atomic E-state index is 13.5. The molecule has 3 N–H and O–H groups in total. The number of urea groups is 1. The Labute approximate surface area is 150 Å². The van der Waals surface area contributed by atoms with Crippen LogP contribution in [0.25, 0.3) is 11.3 Å². The van der Waals surface area contributed by atoms with Crippen molar-refractivity contribution in [2.75, 3.05) is 6.54 Å². The molecule has 0 bridgehead atoms. The number of primary amides is 1. The van der Waals surface area contributed by atoms with Gasteiger partial charge in [-0.05, 0) is 26.8 Å². The normalized spacial score (nSPS) is 14.1. The van der Waals surface area contributed by atoms with Crippen LogP contribution in [0.4, 0.5) is 9.18 Å². The van der Waals surface area contributed by atoms with Crippen LogP contribution in [-0.2, 0) is 13.1 Å². The summed E-state index contributed by atoms with van der Waals surface area (Å²) in [5.41, 5.74) is 6.64. The number of nitrogens with two attached hydrogens (primary N) is 1. The van der Waals surface area contributed by atoms with Gasteiger partial charge >= 0.3 is 6.03 Å². The zero-order chi connectivity index (χ0) is 19.1. The lowest BCUT2D eigenvalue weighted by Crippen LogP contribution is -2.50. The quantitative estimate of drug-likeness (QED) is 0.792. The van der Waals surface area contributed by atoms with Crippen molar-refractivity contribution in [2.45, 2.75) is 39.4 Å². The molecule has 138 valence electrons. The van der Waals surface area contributed by atoms with E-state index in [0.29, 0.717) is 30.0 Å². The molecule has 0 spiro atoms. The maximum absolute atomic E-state index is 13.5. The van der Waals surface area contributed by atoms with Crippen molar-refractivity contribution in [1.29, 1.82) is 0 Å². The molecule has 2 aromatic heterocycles. The van der Waals surface area contributed by atoms with Crippen LogP contribution in [0, 0.1) is 5.95 Å². The highest BCUT2D eigenvalue weighted by Gasteiger charge is 2.30. The molecule has 8 nitrogen and oxygen atoms in total. The van der Waals surface area contributed by atoms with Gasteiger partial charge < -0.3 is 16.0 Å². The number of fused-ring (bicyclic) bond motifs is 1. The van der Waals surface area contributed by atoms with Gasteiger partial charge in [0, 0.05) is 29.9 Å². The smallest absolute Gasteiger partial charge is 0.318 e. The average Bonchev–Trinajstić information content (AvgIpc) is 2.91. The summed E-state index contributed by atoms with van der Waals surface area (Å²) >= 11 is 0. The number of hydrogen-bond donors (Lipinski definition) is 2. The van der Waals surface area contributed by atoms with Crippen molar-refractivity contribution < 1.29 is 14.0 Å². The summed E-state index contributed by atoms with van der Waals surface area (Å²) in [5.74, 6) is -1.34. The molecule has 0 aliphatic carbocycles. The van der Waals surface area contributed by atoms with E-state index in [4.69, 9.17) is 5.73 Å². The first-order chi connectivity index (χ1) is 12.2. The summed E-state index contributed by atoms with van der Waals surface area (Å²) in [6, 6.07) is 2.54. The van der Waals surface area contributed by atoms with Crippen LogP contribution in [0.5, 0.6) is 0 Å². The van der Waals surface area contributed by atoms with Crippen LogP contribution in [0.2, 0.25) is 0 Å². The van der Waals surface area contributed by atoms with Crippen molar-refractivity contribution in [1.82, 2.24) is 25.0 Å². The molecule has 0 unspecified atom stereocenters.